The molecule has 3 unspecified atom stereocenters. The normalized spacial score (nSPS) is 34.9. The zero-order valence-corrected chi connectivity index (χ0v) is 16.4. The van der Waals surface area contributed by atoms with Gasteiger partial charge in [-0.3, -0.25) is 19.4 Å². The molecule has 3 heterocycles. The first-order valence-corrected chi connectivity index (χ1v) is 9.94. The van der Waals surface area contributed by atoms with E-state index in [9.17, 15) is 23.9 Å². The Morgan fingerprint density at radius 1 is 1.34 bits per heavy atom. The van der Waals surface area contributed by atoms with E-state index in [1.807, 2.05) is 6.92 Å². The summed E-state index contributed by atoms with van der Waals surface area (Å²) in [6, 6.07) is -0.282. The lowest BCUT2D eigenvalue weighted by molar-refractivity contribution is -0.142. The van der Waals surface area contributed by atoms with Gasteiger partial charge in [0, 0.05) is 35.7 Å². The number of amides is 1. The summed E-state index contributed by atoms with van der Waals surface area (Å²) >= 11 is 6.26. The number of hydrogen-bond donors (Lipinski definition) is 1. The molecule has 5 rings (SSSR count). The lowest BCUT2D eigenvalue weighted by atomic mass is 9.73. The summed E-state index contributed by atoms with van der Waals surface area (Å²) in [4.78, 5) is 43.3. The second-order valence-electron chi connectivity index (χ2n) is 8.32. The number of aliphatic imine (C=N–C) groups is 1. The highest BCUT2D eigenvalue weighted by atomic mass is 35.5. The van der Waals surface area contributed by atoms with E-state index in [1.165, 1.54) is 12.3 Å². The molecule has 0 radical (unpaired) electrons. The van der Waals surface area contributed by atoms with Crippen molar-refractivity contribution in [1.82, 2.24) is 4.90 Å². The molecule has 8 heteroatoms. The Balaban J connectivity index is 1.80. The van der Waals surface area contributed by atoms with Gasteiger partial charge in [-0.25, -0.2) is 4.39 Å². The van der Waals surface area contributed by atoms with Gasteiger partial charge in [-0.1, -0.05) is 18.5 Å². The lowest BCUT2D eigenvalue weighted by Gasteiger charge is -2.41. The van der Waals surface area contributed by atoms with Crippen LogP contribution in [-0.4, -0.2) is 53.0 Å². The third-order valence-electron chi connectivity index (χ3n) is 6.96. The molecule has 150 valence electrons. The lowest BCUT2D eigenvalue weighted by Crippen LogP contribution is -2.49. The maximum absolute atomic E-state index is 14.7. The molecule has 1 saturated carbocycles. The van der Waals surface area contributed by atoms with Gasteiger partial charge >= 0.3 is 5.97 Å². The standard InChI is InChI=1S/C21H18ClFN2O4/c1-9-19(27)25-8-13(20(28)29)16-11-4-10(26)5-15(23)17(11)14(22)7-24-6-12(16)18(25)21(9)2-3-21/h4-5,7,9,13,18H,2-3,6,8H2,1H3,(H,28,29)/b17-14-,24-7?. The third-order valence-corrected chi connectivity index (χ3v) is 7.25. The number of hydrogen-bond acceptors (Lipinski definition) is 4. The second kappa shape index (κ2) is 5.98. The van der Waals surface area contributed by atoms with Crippen LogP contribution in [-0.2, 0) is 14.4 Å². The predicted octanol–water partition coefficient (Wildman–Crippen LogP) is 2.56. The van der Waals surface area contributed by atoms with Crippen LogP contribution in [0, 0.1) is 17.3 Å². The van der Waals surface area contributed by atoms with Crippen LogP contribution in [0.4, 0.5) is 4.39 Å². The van der Waals surface area contributed by atoms with Gasteiger partial charge in [0.15, 0.2) is 5.78 Å². The molecular weight excluding hydrogens is 399 g/mol. The largest absolute Gasteiger partial charge is 0.481 e. The SMILES string of the molecule is CC1C(=O)N2CC(C(=O)O)C3=C(CN=C/C(Cl)=C4/C(F)=CC(=O)C=C34)C2C12CC2. The van der Waals surface area contributed by atoms with E-state index in [0.29, 0.717) is 11.1 Å². The Morgan fingerprint density at radius 3 is 2.72 bits per heavy atom. The Kier molecular flexibility index (Phi) is 3.81. The number of carboxylic acid groups (broad SMARTS) is 1. The summed E-state index contributed by atoms with van der Waals surface area (Å²) < 4.78 is 14.7. The average molecular weight is 417 g/mol. The molecule has 5 aliphatic rings. The van der Waals surface area contributed by atoms with Crippen LogP contribution >= 0.6 is 11.6 Å². The van der Waals surface area contributed by atoms with E-state index in [0.717, 1.165) is 18.9 Å². The van der Waals surface area contributed by atoms with Crippen molar-refractivity contribution in [2.24, 2.45) is 22.2 Å². The van der Waals surface area contributed by atoms with Crippen molar-refractivity contribution in [2.45, 2.75) is 25.8 Å². The van der Waals surface area contributed by atoms with Gasteiger partial charge in [0.2, 0.25) is 5.91 Å². The van der Waals surface area contributed by atoms with Crippen LogP contribution < -0.4 is 0 Å². The maximum atomic E-state index is 14.7. The summed E-state index contributed by atoms with van der Waals surface area (Å²) in [7, 11) is 0. The highest BCUT2D eigenvalue weighted by Gasteiger charge is 2.66. The first-order chi connectivity index (χ1) is 13.8. The highest BCUT2D eigenvalue weighted by Crippen LogP contribution is 2.64. The summed E-state index contributed by atoms with van der Waals surface area (Å²) in [5.74, 6) is -3.83. The fourth-order valence-corrected chi connectivity index (χ4v) is 5.73. The predicted molar refractivity (Wildman–Crippen MR) is 103 cm³/mol. The average Bonchev–Trinajstić information content (AvgIpc) is 3.41. The minimum absolute atomic E-state index is 0.00473. The van der Waals surface area contributed by atoms with Gasteiger partial charge in [0.25, 0.3) is 0 Å². The zero-order valence-electron chi connectivity index (χ0n) is 15.6. The van der Waals surface area contributed by atoms with E-state index >= 15 is 0 Å². The molecule has 1 spiro atoms. The molecule has 2 aliphatic carbocycles. The van der Waals surface area contributed by atoms with Crippen molar-refractivity contribution >= 4 is 35.5 Å². The minimum Gasteiger partial charge on any atom is -0.481 e. The third kappa shape index (κ3) is 2.40. The monoisotopic (exact) mass is 416 g/mol. The highest BCUT2D eigenvalue weighted by molar-refractivity contribution is 6.40. The molecule has 0 bridgehead atoms. The van der Waals surface area contributed by atoms with Crippen LogP contribution in [0.25, 0.3) is 0 Å². The number of nitrogens with zero attached hydrogens (tertiary/aromatic N) is 2. The quantitative estimate of drug-likeness (QED) is 0.711. The van der Waals surface area contributed by atoms with Gasteiger partial charge in [-0.2, -0.15) is 0 Å². The number of ketones is 1. The Bertz CT molecular complexity index is 1050. The number of halogens is 2. The summed E-state index contributed by atoms with van der Waals surface area (Å²) in [6.45, 7) is 2.04. The van der Waals surface area contributed by atoms with Gasteiger partial charge in [-0.05, 0) is 35.6 Å². The van der Waals surface area contributed by atoms with E-state index in [4.69, 9.17) is 11.6 Å². The van der Waals surface area contributed by atoms with Crippen LogP contribution in [0.3, 0.4) is 0 Å². The van der Waals surface area contributed by atoms with Crippen LogP contribution in [0.5, 0.6) is 0 Å². The fraction of sp³-hybridized carbons (Fsp3) is 0.429. The van der Waals surface area contributed by atoms with Gasteiger partial charge in [-0.15, -0.1) is 0 Å². The Hall–Kier alpha value is -2.54. The molecule has 0 aromatic heterocycles. The Morgan fingerprint density at radius 2 is 2.07 bits per heavy atom. The molecular formula is C21H18ClFN2O4. The number of aliphatic carboxylic acids is 1. The number of carbonyl (C=O) groups excluding carboxylic acids is 2. The number of rotatable bonds is 1. The summed E-state index contributed by atoms with van der Waals surface area (Å²) in [5, 5.41) is 9.99. The first-order valence-electron chi connectivity index (χ1n) is 9.56. The molecule has 3 aliphatic heterocycles. The Labute approximate surface area is 171 Å². The first kappa shape index (κ1) is 18.5. The molecule has 2 fully saturated rings. The van der Waals surface area contributed by atoms with Crippen LogP contribution in [0.15, 0.2) is 50.3 Å². The fourth-order valence-electron chi connectivity index (χ4n) is 5.47. The second-order valence-corrected chi connectivity index (χ2v) is 8.73. The molecule has 1 saturated heterocycles. The van der Waals surface area contributed by atoms with Crippen molar-refractivity contribution < 1.29 is 23.9 Å². The van der Waals surface area contributed by atoms with Crippen molar-refractivity contribution in [1.29, 1.82) is 0 Å². The minimum atomic E-state index is -1.13. The molecule has 29 heavy (non-hydrogen) atoms. The van der Waals surface area contributed by atoms with Crippen molar-refractivity contribution in [3.05, 3.63) is 45.3 Å². The van der Waals surface area contributed by atoms with Crippen molar-refractivity contribution in [2.75, 3.05) is 13.1 Å². The molecule has 3 atom stereocenters. The van der Waals surface area contributed by atoms with E-state index < -0.39 is 23.5 Å². The molecule has 0 aromatic rings. The summed E-state index contributed by atoms with van der Waals surface area (Å²) in [6.07, 6.45) is 5.17. The maximum Gasteiger partial charge on any atom is 0.312 e. The van der Waals surface area contributed by atoms with Crippen molar-refractivity contribution in [3.8, 4) is 0 Å². The molecule has 0 aromatic carbocycles. The van der Waals surface area contributed by atoms with Crippen LogP contribution in [0.2, 0.25) is 0 Å². The zero-order chi connectivity index (χ0) is 20.7. The van der Waals surface area contributed by atoms with Gasteiger partial charge in [0.1, 0.15) is 5.83 Å². The smallest absolute Gasteiger partial charge is 0.312 e. The number of carboxylic acids is 1. The molecule has 1 amide bonds. The van der Waals surface area contributed by atoms with Gasteiger partial charge < -0.3 is 10.0 Å². The number of carbonyl (C=O) groups is 3. The van der Waals surface area contributed by atoms with E-state index in [-0.39, 0.29) is 52.5 Å². The van der Waals surface area contributed by atoms with Crippen LogP contribution in [0.1, 0.15) is 19.8 Å². The molecule has 6 nitrogen and oxygen atoms in total. The number of allylic oxidation sites excluding steroid dienone is 6. The van der Waals surface area contributed by atoms with E-state index in [2.05, 4.69) is 4.99 Å². The van der Waals surface area contributed by atoms with Gasteiger partial charge in [0.05, 0.1) is 23.5 Å². The molecule has 1 N–H and O–H groups in total. The summed E-state index contributed by atoms with van der Waals surface area (Å²) in [5.41, 5.74) is 1.02. The topological polar surface area (TPSA) is 87.0 Å². The van der Waals surface area contributed by atoms with E-state index in [1.54, 1.807) is 4.90 Å². The van der Waals surface area contributed by atoms with Crippen molar-refractivity contribution in [3.63, 3.8) is 0 Å². The number of fused-ring (bicyclic) bond motifs is 5.